The molecule has 4 heteroatoms. The molecule has 0 atom stereocenters. The molecule has 0 aromatic heterocycles. The Hall–Kier alpha value is -2.36. The van der Waals surface area contributed by atoms with Gasteiger partial charge in [0.15, 0.2) is 0 Å². The number of aryl methyl sites for hydroxylation is 2. The lowest BCUT2D eigenvalue weighted by molar-refractivity contribution is -0.119. The Morgan fingerprint density at radius 3 is 2.78 bits per heavy atom. The third-order valence-electron chi connectivity index (χ3n) is 4.12. The number of anilines is 1. The van der Waals surface area contributed by atoms with E-state index in [1.54, 1.807) is 12.1 Å². The first-order valence-electron chi connectivity index (χ1n) is 7.92. The van der Waals surface area contributed by atoms with Crippen molar-refractivity contribution in [3.8, 4) is 5.75 Å². The number of carbonyl (C=O) groups excluding carboxylic acids is 1. The lowest BCUT2D eigenvalue weighted by Gasteiger charge is -2.31. The number of para-hydroxylation sites is 1. The molecule has 3 rings (SSSR count). The van der Waals surface area contributed by atoms with Crippen molar-refractivity contribution in [1.29, 1.82) is 0 Å². The number of fused-ring (bicyclic) bond motifs is 1. The molecule has 2 aromatic rings. The van der Waals surface area contributed by atoms with E-state index in [0.29, 0.717) is 18.8 Å². The molecule has 1 aliphatic rings. The van der Waals surface area contributed by atoms with E-state index in [-0.39, 0.29) is 11.7 Å². The number of nitrogens with zero attached hydrogens (tertiary/aromatic N) is 1. The summed E-state index contributed by atoms with van der Waals surface area (Å²) < 4.78 is 18.4. The van der Waals surface area contributed by atoms with Crippen molar-refractivity contribution in [2.45, 2.75) is 26.2 Å². The van der Waals surface area contributed by atoms with Gasteiger partial charge in [0.25, 0.3) is 0 Å². The van der Waals surface area contributed by atoms with Gasteiger partial charge in [-0.15, -0.1) is 0 Å². The second kappa shape index (κ2) is 6.82. The van der Waals surface area contributed by atoms with Crippen LogP contribution in [0.4, 0.5) is 10.1 Å². The summed E-state index contributed by atoms with van der Waals surface area (Å²) in [5.41, 5.74) is 3.43. The first kappa shape index (κ1) is 15.5. The largest absolute Gasteiger partial charge is 0.493 e. The van der Waals surface area contributed by atoms with Crippen LogP contribution in [-0.4, -0.2) is 19.1 Å². The van der Waals surface area contributed by atoms with E-state index in [2.05, 4.69) is 6.07 Å². The van der Waals surface area contributed by atoms with Gasteiger partial charge in [-0.1, -0.05) is 18.2 Å². The highest BCUT2D eigenvalue weighted by Gasteiger charge is 2.23. The minimum atomic E-state index is -0.297. The minimum absolute atomic E-state index is 0.0716. The first-order valence-corrected chi connectivity index (χ1v) is 7.92. The lowest BCUT2D eigenvalue weighted by atomic mass is 9.98. The molecular formula is C19H20FNO2. The van der Waals surface area contributed by atoms with Crippen LogP contribution in [0, 0.1) is 12.7 Å². The maximum absolute atomic E-state index is 12.8. The molecule has 1 amide bonds. The molecule has 0 aliphatic carbocycles. The second-order valence-electron chi connectivity index (χ2n) is 5.78. The molecule has 1 aliphatic heterocycles. The van der Waals surface area contributed by atoms with E-state index < -0.39 is 0 Å². The van der Waals surface area contributed by atoms with Gasteiger partial charge in [-0.3, -0.25) is 4.79 Å². The van der Waals surface area contributed by atoms with Crippen LogP contribution in [0.1, 0.15) is 24.0 Å². The van der Waals surface area contributed by atoms with Crippen LogP contribution in [0.3, 0.4) is 0 Å². The summed E-state index contributed by atoms with van der Waals surface area (Å²) in [6, 6.07) is 12.0. The number of benzene rings is 2. The number of rotatable bonds is 4. The van der Waals surface area contributed by atoms with Crippen LogP contribution in [0.2, 0.25) is 0 Å². The van der Waals surface area contributed by atoms with Crippen LogP contribution >= 0.6 is 0 Å². The van der Waals surface area contributed by atoms with E-state index >= 15 is 0 Å². The topological polar surface area (TPSA) is 29.5 Å². The molecule has 0 spiro atoms. The van der Waals surface area contributed by atoms with Crippen LogP contribution in [0.25, 0.3) is 0 Å². The molecule has 1 heterocycles. The van der Waals surface area contributed by atoms with Crippen LogP contribution in [-0.2, 0) is 11.2 Å². The van der Waals surface area contributed by atoms with Crippen molar-refractivity contribution in [3.05, 3.63) is 59.4 Å². The van der Waals surface area contributed by atoms with Crippen molar-refractivity contribution in [3.63, 3.8) is 0 Å². The zero-order valence-corrected chi connectivity index (χ0v) is 13.2. The van der Waals surface area contributed by atoms with Gasteiger partial charge >= 0.3 is 0 Å². The summed E-state index contributed by atoms with van der Waals surface area (Å²) in [4.78, 5) is 14.4. The summed E-state index contributed by atoms with van der Waals surface area (Å²) in [6.07, 6.45) is 2.32. The number of ether oxygens (including phenoxy) is 1. The van der Waals surface area contributed by atoms with Crippen molar-refractivity contribution >= 4 is 11.6 Å². The number of amides is 1. The van der Waals surface area contributed by atoms with Gasteiger partial charge in [-0.25, -0.2) is 4.39 Å². The monoisotopic (exact) mass is 313 g/mol. The highest BCUT2D eigenvalue weighted by Crippen LogP contribution is 2.30. The molecule has 23 heavy (non-hydrogen) atoms. The Labute approximate surface area is 135 Å². The number of carbonyl (C=O) groups is 1. The maximum Gasteiger partial charge on any atom is 0.230 e. The summed E-state index contributed by atoms with van der Waals surface area (Å²) in [7, 11) is 0. The molecule has 0 unspecified atom stereocenters. The Balaban J connectivity index is 1.62. The molecule has 3 nitrogen and oxygen atoms in total. The molecule has 120 valence electrons. The highest BCUT2D eigenvalue weighted by molar-refractivity contribution is 5.95. The quantitative estimate of drug-likeness (QED) is 0.857. The molecule has 0 saturated heterocycles. The predicted molar refractivity (Wildman–Crippen MR) is 88.4 cm³/mol. The summed E-state index contributed by atoms with van der Waals surface area (Å²) in [5.74, 6) is 0.352. The Bertz CT molecular complexity index is 697. The van der Waals surface area contributed by atoms with Crippen molar-refractivity contribution in [1.82, 2.24) is 0 Å². The fraction of sp³-hybridized carbons (Fsp3) is 0.316. The Morgan fingerprint density at radius 2 is 2.00 bits per heavy atom. The average Bonchev–Trinajstić information content (AvgIpc) is 2.56. The molecule has 0 radical (unpaired) electrons. The van der Waals surface area contributed by atoms with E-state index in [1.807, 2.05) is 24.0 Å². The summed E-state index contributed by atoms with van der Waals surface area (Å²) >= 11 is 0. The van der Waals surface area contributed by atoms with E-state index in [1.165, 1.54) is 17.7 Å². The second-order valence-corrected chi connectivity index (χ2v) is 5.78. The zero-order valence-electron chi connectivity index (χ0n) is 13.2. The van der Waals surface area contributed by atoms with Crippen LogP contribution < -0.4 is 9.64 Å². The zero-order chi connectivity index (χ0) is 16.2. The Morgan fingerprint density at radius 1 is 1.22 bits per heavy atom. The fourth-order valence-electron chi connectivity index (χ4n) is 3.02. The molecule has 0 fully saturated rings. The third kappa shape index (κ3) is 3.52. The van der Waals surface area contributed by atoms with E-state index in [0.717, 1.165) is 30.6 Å². The normalized spacial score (nSPS) is 13.6. The molecular weight excluding hydrogens is 293 g/mol. The van der Waals surface area contributed by atoms with E-state index in [9.17, 15) is 9.18 Å². The fourth-order valence-corrected chi connectivity index (χ4v) is 3.02. The first-order chi connectivity index (χ1) is 11.1. The van der Waals surface area contributed by atoms with Crippen molar-refractivity contribution in [2.75, 3.05) is 18.1 Å². The van der Waals surface area contributed by atoms with Gasteiger partial charge in [-0.05, 0) is 55.2 Å². The predicted octanol–water partition coefficient (Wildman–Crippen LogP) is 3.88. The minimum Gasteiger partial charge on any atom is -0.493 e. The van der Waals surface area contributed by atoms with Gasteiger partial charge in [0.05, 0.1) is 13.0 Å². The smallest absolute Gasteiger partial charge is 0.230 e. The highest BCUT2D eigenvalue weighted by atomic mass is 19.1. The third-order valence-corrected chi connectivity index (χ3v) is 4.12. The van der Waals surface area contributed by atoms with Gasteiger partial charge in [-0.2, -0.15) is 0 Å². The maximum atomic E-state index is 12.8. The number of halogens is 1. The van der Waals surface area contributed by atoms with Crippen LogP contribution in [0.15, 0.2) is 42.5 Å². The average molecular weight is 313 g/mol. The van der Waals surface area contributed by atoms with Crippen LogP contribution in [0.5, 0.6) is 5.75 Å². The lowest BCUT2D eigenvalue weighted by Crippen LogP contribution is -2.36. The summed E-state index contributed by atoms with van der Waals surface area (Å²) in [6.45, 7) is 3.09. The van der Waals surface area contributed by atoms with E-state index in [4.69, 9.17) is 4.74 Å². The van der Waals surface area contributed by atoms with Gasteiger partial charge in [0.1, 0.15) is 11.6 Å². The van der Waals surface area contributed by atoms with Gasteiger partial charge in [0.2, 0.25) is 5.91 Å². The summed E-state index contributed by atoms with van der Waals surface area (Å²) in [5, 5.41) is 0. The Kier molecular flexibility index (Phi) is 4.60. The molecule has 0 N–H and O–H groups in total. The van der Waals surface area contributed by atoms with Gasteiger partial charge < -0.3 is 9.64 Å². The molecule has 2 aromatic carbocycles. The van der Waals surface area contributed by atoms with Crippen molar-refractivity contribution in [2.24, 2.45) is 0 Å². The number of hydrogen-bond acceptors (Lipinski definition) is 2. The molecule has 0 bridgehead atoms. The SMILES string of the molecule is Cc1cccc2c1N(C(=O)CCOc1ccc(F)cc1)CCC2. The van der Waals surface area contributed by atoms with Crippen molar-refractivity contribution < 1.29 is 13.9 Å². The van der Waals surface area contributed by atoms with Gasteiger partial charge in [0, 0.05) is 12.2 Å². The molecule has 0 saturated carbocycles. The number of hydrogen-bond donors (Lipinski definition) is 0. The standard InChI is InChI=1S/C19H20FNO2/c1-14-4-2-5-15-6-3-12-21(19(14)15)18(22)11-13-23-17-9-7-16(20)8-10-17/h2,4-5,7-10H,3,6,11-13H2,1H3.